The summed E-state index contributed by atoms with van der Waals surface area (Å²) in [4.78, 5) is 38.0. The molecule has 0 aromatic heterocycles. The largest absolute Gasteiger partial charge is 0.478 e. The normalized spacial score (nSPS) is 13.6. The van der Waals surface area contributed by atoms with Crippen LogP contribution in [0.25, 0.3) is 11.1 Å². The Balaban J connectivity index is 2.00. The number of carboxylic acids is 1. The molecule has 0 radical (unpaired) electrons. The molecule has 156 valence electrons. The lowest BCUT2D eigenvalue weighted by molar-refractivity contribution is -0.136. The molecular weight excluding hydrogens is 388 g/mol. The Bertz CT molecular complexity index is 1030. The molecule has 0 saturated heterocycles. The van der Waals surface area contributed by atoms with Gasteiger partial charge in [0.25, 0.3) is 5.91 Å². The van der Waals surface area contributed by atoms with Gasteiger partial charge in [0.15, 0.2) is 0 Å². The standard InChI is InChI=1S/C22H22N2O6/c1-13-3-5-14(6-4-13)15-7-8-18(16(11-15)21(27)28)23-19-17(22(29)30-2)12-24(9-10-25)20(19)26/h3-8,11,23,25H,9-10,12H2,1-2H3,(H,27,28). The predicted molar refractivity (Wildman–Crippen MR) is 110 cm³/mol. The molecule has 0 saturated carbocycles. The van der Waals surface area contributed by atoms with Gasteiger partial charge in [0, 0.05) is 6.54 Å². The SMILES string of the molecule is COC(=O)C1=C(Nc2ccc(-c3ccc(C)cc3)cc2C(=O)O)C(=O)N(CCO)C1. The molecule has 1 heterocycles. The second-order valence-electron chi connectivity index (χ2n) is 6.85. The number of aliphatic hydroxyl groups excluding tert-OH is 1. The van der Waals surface area contributed by atoms with E-state index in [4.69, 9.17) is 9.84 Å². The van der Waals surface area contributed by atoms with E-state index in [0.717, 1.165) is 11.1 Å². The lowest BCUT2D eigenvalue weighted by Gasteiger charge is -2.16. The fourth-order valence-electron chi connectivity index (χ4n) is 3.24. The van der Waals surface area contributed by atoms with Crippen LogP contribution < -0.4 is 5.32 Å². The van der Waals surface area contributed by atoms with Gasteiger partial charge in [-0.05, 0) is 30.2 Å². The molecule has 0 fully saturated rings. The summed E-state index contributed by atoms with van der Waals surface area (Å²) in [5, 5.41) is 21.7. The number of methoxy groups -OCH3 is 1. The minimum absolute atomic E-state index is 0.0295. The Labute approximate surface area is 173 Å². The zero-order valence-corrected chi connectivity index (χ0v) is 16.6. The summed E-state index contributed by atoms with van der Waals surface area (Å²) in [7, 11) is 1.20. The highest BCUT2D eigenvalue weighted by molar-refractivity contribution is 6.09. The number of carboxylic acid groups (broad SMARTS) is 1. The van der Waals surface area contributed by atoms with Gasteiger partial charge in [0.1, 0.15) is 5.70 Å². The smallest absolute Gasteiger partial charge is 0.337 e. The summed E-state index contributed by atoms with van der Waals surface area (Å²) in [5.41, 5.74) is 2.81. The molecule has 2 aromatic rings. The maximum Gasteiger partial charge on any atom is 0.337 e. The van der Waals surface area contributed by atoms with Crippen molar-refractivity contribution in [2.75, 3.05) is 32.1 Å². The lowest BCUT2D eigenvalue weighted by Crippen LogP contribution is -2.31. The first-order valence-electron chi connectivity index (χ1n) is 9.28. The van der Waals surface area contributed by atoms with Gasteiger partial charge in [-0.2, -0.15) is 0 Å². The number of nitrogens with zero attached hydrogens (tertiary/aromatic N) is 1. The van der Waals surface area contributed by atoms with Crippen molar-refractivity contribution in [1.29, 1.82) is 0 Å². The number of esters is 1. The molecule has 0 atom stereocenters. The third-order valence-electron chi connectivity index (χ3n) is 4.85. The molecule has 1 amide bonds. The summed E-state index contributed by atoms with van der Waals surface area (Å²) in [6, 6.07) is 12.5. The van der Waals surface area contributed by atoms with E-state index in [1.165, 1.54) is 18.1 Å². The van der Waals surface area contributed by atoms with Crippen LogP contribution in [0.5, 0.6) is 0 Å². The zero-order chi connectivity index (χ0) is 21.8. The van der Waals surface area contributed by atoms with E-state index >= 15 is 0 Å². The minimum Gasteiger partial charge on any atom is -0.478 e. The lowest BCUT2D eigenvalue weighted by atomic mass is 10.0. The first-order valence-corrected chi connectivity index (χ1v) is 9.28. The van der Waals surface area contributed by atoms with Crippen molar-refractivity contribution < 1.29 is 29.3 Å². The highest BCUT2D eigenvalue weighted by atomic mass is 16.5. The van der Waals surface area contributed by atoms with Gasteiger partial charge in [-0.1, -0.05) is 35.9 Å². The second kappa shape index (κ2) is 8.79. The average molecular weight is 410 g/mol. The molecule has 0 unspecified atom stereocenters. The van der Waals surface area contributed by atoms with Gasteiger partial charge in [-0.3, -0.25) is 4.79 Å². The van der Waals surface area contributed by atoms with Crippen LogP contribution >= 0.6 is 0 Å². The van der Waals surface area contributed by atoms with Crippen LogP contribution in [0.15, 0.2) is 53.7 Å². The van der Waals surface area contributed by atoms with E-state index in [-0.39, 0.29) is 42.2 Å². The Hall–Kier alpha value is -3.65. The maximum absolute atomic E-state index is 12.7. The van der Waals surface area contributed by atoms with Gasteiger partial charge in [0.2, 0.25) is 0 Å². The highest BCUT2D eigenvalue weighted by Crippen LogP contribution is 2.29. The van der Waals surface area contributed by atoms with Gasteiger partial charge in [-0.15, -0.1) is 0 Å². The fraction of sp³-hybridized carbons (Fsp3) is 0.227. The van der Waals surface area contributed by atoms with Crippen molar-refractivity contribution in [3.8, 4) is 11.1 Å². The Morgan fingerprint density at radius 1 is 1.13 bits per heavy atom. The number of carbonyl (C=O) groups excluding carboxylic acids is 2. The number of ether oxygens (including phenoxy) is 1. The number of hydrogen-bond acceptors (Lipinski definition) is 6. The number of carbonyl (C=O) groups is 3. The Morgan fingerprint density at radius 2 is 1.80 bits per heavy atom. The van der Waals surface area contributed by atoms with E-state index in [9.17, 15) is 19.5 Å². The van der Waals surface area contributed by atoms with Gasteiger partial charge in [-0.25, -0.2) is 9.59 Å². The van der Waals surface area contributed by atoms with E-state index in [1.807, 2.05) is 31.2 Å². The number of aromatic carboxylic acids is 1. The van der Waals surface area contributed by atoms with E-state index in [0.29, 0.717) is 5.56 Å². The van der Waals surface area contributed by atoms with Crippen molar-refractivity contribution in [3.63, 3.8) is 0 Å². The van der Waals surface area contributed by atoms with Gasteiger partial charge < -0.3 is 25.2 Å². The fourth-order valence-corrected chi connectivity index (χ4v) is 3.24. The third-order valence-corrected chi connectivity index (χ3v) is 4.85. The van der Waals surface area contributed by atoms with Crippen molar-refractivity contribution in [1.82, 2.24) is 4.90 Å². The molecule has 1 aliphatic rings. The number of benzene rings is 2. The van der Waals surface area contributed by atoms with Crippen LogP contribution in [0.2, 0.25) is 0 Å². The number of hydrogen-bond donors (Lipinski definition) is 3. The quantitative estimate of drug-likeness (QED) is 0.598. The van der Waals surface area contributed by atoms with Crippen LogP contribution in [0.4, 0.5) is 5.69 Å². The van der Waals surface area contributed by atoms with Gasteiger partial charge >= 0.3 is 11.9 Å². The minimum atomic E-state index is -1.18. The number of β-amino-alcohol motifs (C(OH)–C–C–N with tert-alkyl or cyclic N) is 1. The maximum atomic E-state index is 12.7. The second-order valence-corrected chi connectivity index (χ2v) is 6.85. The average Bonchev–Trinajstić information content (AvgIpc) is 3.04. The molecule has 0 bridgehead atoms. The number of amides is 1. The Morgan fingerprint density at radius 3 is 2.40 bits per heavy atom. The highest BCUT2D eigenvalue weighted by Gasteiger charge is 2.35. The first-order chi connectivity index (χ1) is 14.3. The number of nitrogens with one attached hydrogen (secondary N) is 1. The first kappa shape index (κ1) is 21.1. The number of rotatable bonds is 7. The molecule has 0 spiro atoms. The summed E-state index contributed by atoms with van der Waals surface area (Å²) in [6.07, 6.45) is 0. The van der Waals surface area contributed by atoms with Crippen molar-refractivity contribution >= 4 is 23.5 Å². The van der Waals surface area contributed by atoms with Gasteiger partial charge in [0.05, 0.1) is 37.1 Å². The molecule has 8 heteroatoms. The van der Waals surface area contributed by atoms with Crippen molar-refractivity contribution in [3.05, 3.63) is 64.9 Å². The number of aliphatic hydroxyl groups is 1. The summed E-state index contributed by atoms with van der Waals surface area (Å²) >= 11 is 0. The summed E-state index contributed by atoms with van der Waals surface area (Å²) in [6.45, 7) is 1.71. The molecule has 3 N–H and O–H groups in total. The number of anilines is 1. The van der Waals surface area contributed by atoms with Crippen molar-refractivity contribution in [2.24, 2.45) is 0 Å². The van der Waals surface area contributed by atoms with Crippen LogP contribution in [-0.4, -0.2) is 59.8 Å². The molecule has 3 rings (SSSR count). The van der Waals surface area contributed by atoms with E-state index in [1.54, 1.807) is 12.1 Å². The monoisotopic (exact) mass is 410 g/mol. The zero-order valence-electron chi connectivity index (χ0n) is 16.6. The van der Waals surface area contributed by atoms with Crippen LogP contribution in [0.3, 0.4) is 0 Å². The molecular formula is C22H22N2O6. The predicted octanol–water partition coefficient (Wildman–Crippen LogP) is 2.03. The van der Waals surface area contributed by atoms with E-state index < -0.39 is 17.8 Å². The molecule has 0 aliphatic carbocycles. The summed E-state index contributed by atoms with van der Waals surface area (Å²) in [5.74, 6) is -2.38. The molecule has 30 heavy (non-hydrogen) atoms. The van der Waals surface area contributed by atoms with Crippen molar-refractivity contribution in [2.45, 2.75) is 6.92 Å². The molecule has 8 nitrogen and oxygen atoms in total. The molecule has 1 aliphatic heterocycles. The van der Waals surface area contributed by atoms with Crippen LogP contribution in [0, 0.1) is 6.92 Å². The van der Waals surface area contributed by atoms with E-state index in [2.05, 4.69) is 5.32 Å². The third kappa shape index (κ3) is 4.18. The summed E-state index contributed by atoms with van der Waals surface area (Å²) < 4.78 is 4.75. The topological polar surface area (TPSA) is 116 Å². The Kier molecular flexibility index (Phi) is 6.17. The molecule has 2 aromatic carbocycles. The number of aryl methyl sites for hydroxylation is 1. The van der Waals surface area contributed by atoms with Crippen LogP contribution in [0.1, 0.15) is 15.9 Å². The van der Waals surface area contributed by atoms with Crippen LogP contribution in [-0.2, 0) is 14.3 Å².